The van der Waals surface area contributed by atoms with Crippen LogP contribution in [0.5, 0.6) is 0 Å². The fourth-order valence-corrected chi connectivity index (χ4v) is 2.21. The Kier molecular flexibility index (Phi) is 11.1. The van der Waals surface area contributed by atoms with Crippen molar-refractivity contribution in [2.75, 3.05) is 38.0 Å². The van der Waals surface area contributed by atoms with E-state index in [-0.39, 0.29) is 48.5 Å². The maximum Gasteiger partial charge on any atom is 0.239 e. The molecule has 2 rings (SSSR count). The second-order valence-electron chi connectivity index (χ2n) is 6.36. The summed E-state index contributed by atoms with van der Waals surface area (Å²) in [6.45, 7) is 10.5. The van der Waals surface area contributed by atoms with Crippen molar-refractivity contribution in [2.24, 2.45) is 7.05 Å². The van der Waals surface area contributed by atoms with E-state index in [1.54, 1.807) is 4.68 Å². The number of nitrogens with zero attached hydrogens (tertiary/aromatic N) is 3. The van der Waals surface area contributed by atoms with Gasteiger partial charge in [-0.05, 0) is 0 Å². The zero-order chi connectivity index (χ0) is 14.8. The highest BCUT2D eigenvalue weighted by atomic mass is 35.5. The van der Waals surface area contributed by atoms with Crippen LogP contribution < -0.4 is 10.6 Å². The number of piperazine rings is 1. The molecule has 1 aliphatic heterocycles. The van der Waals surface area contributed by atoms with Crippen LogP contribution in [0.2, 0.25) is 0 Å². The minimum absolute atomic E-state index is 0. The number of hydrogen-bond acceptors (Lipinski definition) is 4. The van der Waals surface area contributed by atoms with E-state index < -0.39 is 0 Å². The van der Waals surface area contributed by atoms with Crippen molar-refractivity contribution in [1.82, 2.24) is 20.0 Å². The number of aromatic nitrogens is 2. The maximum absolute atomic E-state index is 12.1. The zero-order valence-corrected chi connectivity index (χ0v) is 16.5. The molecule has 0 unspecified atom stereocenters. The van der Waals surface area contributed by atoms with Gasteiger partial charge in [-0.3, -0.25) is 14.4 Å². The molecular weight excluding hydrogens is 361 g/mol. The number of halogens is 3. The molecule has 0 spiro atoms. The first-order valence-corrected chi connectivity index (χ1v) is 7.14. The van der Waals surface area contributed by atoms with Crippen LogP contribution in [0.3, 0.4) is 0 Å². The lowest BCUT2D eigenvalue weighted by Gasteiger charge is -2.26. The van der Waals surface area contributed by atoms with Crippen molar-refractivity contribution in [3.63, 3.8) is 0 Å². The Morgan fingerprint density at radius 3 is 2.30 bits per heavy atom. The standard InChI is InChI=1S/C14H25N5O.3ClH/c1-14(2,3)11-9-12(18(4)17-11)16-13(20)10-19-7-5-15-6-8-19;;;/h9,15H,5-8,10H2,1-4H3,(H,16,20);3*1H. The van der Waals surface area contributed by atoms with Crippen LogP contribution in [0.15, 0.2) is 6.07 Å². The molecule has 1 aliphatic rings. The van der Waals surface area contributed by atoms with Gasteiger partial charge in [0, 0.05) is 44.7 Å². The van der Waals surface area contributed by atoms with Crippen molar-refractivity contribution in [3.05, 3.63) is 11.8 Å². The lowest BCUT2D eigenvalue weighted by atomic mass is 9.92. The van der Waals surface area contributed by atoms with Crippen molar-refractivity contribution in [2.45, 2.75) is 26.2 Å². The summed E-state index contributed by atoms with van der Waals surface area (Å²) in [5.74, 6) is 0.783. The molecule has 0 atom stereocenters. The van der Waals surface area contributed by atoms with Gasteiger partial charge in [0.1, 0.15) is 5.82 Å². The minimum Gasteiger partial charge on any atom is -0.314 e. The van der Waals surface area contributed by atoms with E-state index >= 15 is 0 Å². The van der Waals surface area contributed by atoms with Crippen molar-refractivity contribution in [3.8, 4) is 0 Å². The van der Waals surface area contributed by atoms with E-state index in [4.69, 9.17) is 0 Å². The lowest BCUT2D eigenvalue weighted by Crippen LogP contribution is -2.46. The first kappa shape index (κ1) is 24.7. The number of hydrogen-bond donors (Lipinski definition) is 2. The number of amides is 1. The van der Waals surface area contributed by atoms with Gasteiger partial charge in [0.05, 0.1) is 12.2 Å². The molecule has 1 aromatic heterocycles. The van der Waals surface area contributed by atoms with Gasteiger partial charge in [0.15, 0.2) is 0 Å². The Hall–Kier alpha value is -0.530. The maximum atomic E-state index is 12.1. The summed E-state index contributed by atoms with van der Waals surface area (Å²) >= 11 is 0. The molecule has 0 aromatic carbocycles. The Bertz CT molecular complexity index is 481. The Morgan fingerprint density at radius 1 is 1.26 bits per heavy atom. The first-order chi connectivity index (χ1) is 9.36. The fourth-order valence-electron chi connectivity index (χ4n) is 2.21. The Labute approximate surface area is 157 Å². The topological polar surface area (TPSA) is 62.2 Å². The molecule has 0 radical (unpaired) electrons. The molecule has 136 valence electrons. The Balaban J connectivity index is 0. The smallest absolute Gasteiger partial charge is 0.239 e. The summed E-state index contributed by atoms with van der Waals surface area (Å²) in [6.07, 6.45) is 0. The fraction of sp³-hybridized carbons (Fsp3) is 0.714. The summed E-state index contributed by atoms with van der Waals surface area (Å²) in [6, 6.07) is 1.95. The third kappa shape index (κ3) is 7.27. The van der Waals surface area contributed by atoms with E-state index in [0.717, 1.165) is 37.7 Å². The molecule has 23 heavy (non-hydrogen) atoms. The number of nitrogens with one attached hydrogen (secondary N) is 2. The van der Waals surface area contributed by atoms with E-state index in [1.807, 2.05) is 13.1 Å². The number of anilines is 1. The van der Waals surface area contributed by atoms with Crippen LogP contribution in [0.1, 0.15) is 26.5 Å². The third-order valence-corrected chi connectivity index (χ3v) is 3.49. The molecule has 1 aromatic rings. The van der Waals surface area contributed by atoms with Gasteiger partial charge in [0.2, 0.25) is 5.91 Å². The molecule has 1 saturated heterocycles. The molecule has 2 heterocycles. The predicted molar refractivity (Wildman–Crippen MR) is 102 cm³/mol. The molecule has 0 bridgehead atoms. The Morgan fingerprint density at radius 2 is 1.83 bits per heavy atom. The highest BCUT2D eigenvalue weighted by Crippen LogP contribution is 2.23. The molecular formula is C14H28Cl3N5O. The first-order valence-electron chi connectivity index (χ1n) is 7.14. The lowest BCUT2D eigenvalue weighted by molar-refractivity contribution is -0.117. The predicted octanol–water partition coefficient (Wildman–Crippen LogP) is 1.83. The zero-order valence-electron chi connectivity index (χ0n) is 14.1. The second kappa shape index (κ2) is 10.4. The van der Waals surface area contributed by atoms with Gasteiger partial charge in [-0.1, -0.05) is 20.8 Å². The van der Waals surface area contributed by atoms with Crippen LogP contribution in [-0.4, -0.2) is 53.3 Å². The van der Waals surface area contributed by atoms with Crippen LogP contribution in [0.4, 0.5) is 5.82 Å². The van der Waals surface area contributed by atoms with E-state index in [1.165, 1.54) is 0 Å². The SMILES string of the molecule is Cl.Cl.Cl.Cn1nc(C(C)(C)C)cc1NC(=O)CN1CCNCC1. The number of carbonyl (C=O) groups excluding carboxylic acids is 1. The van der Waals surface area contributed by atoms with Crippen molar-refractivity contribution >= 4 is 48.9 Å². The van der Waals surface area contributed by atoms with Crippen LogP contribution >= 0.6 is 37.2 Å². The minimum atomic E-state index is -0.0146. The average molecular weight is 389 g/mol. The van der Waals surface area contributed by atoms with Gasteiger partial charge in [-0.2, -0.15) is 5.10 Å². The highest BCUT2D eigenvalue weighted by molar-refractivity contribution is 5.91. The van der Waals surface area contributed by atoms with Gasteiger partial charge >= 0.3 is 0 Å². The van der Waals surface area contributed by atoms with Gasteiger partial charge in [-0.25, -0.2) is 0 Å². The van der Waals surface area contributed by atoms with Gasteiger partial charge in [-0.15, -0.1) is 37.2 Å². The average Bonchev–Trinajstić information content (AvgIpc) is 2.72. The molecule has 1 amide bonds. The van der Waals surface area contributed by atoms with Crippen molar-refractivity contribution in [1.29, 1.82) is 0 Å². The largest absolute Gasteiger partial charge is 0.314 e. The van der Waals surface area contributed by atoms with Crippen LogP contribution in [-0.2, 0) is 17.3 Å². The summed E-state index contributed by atoms with van der Waals surface area (Å²) in [4.78, 5) is 14.2. The molecule has 9 heteroatoms. The molecule has 1 fully saturated rings. The van der Waals surface area contributed by atoms with Gasteiger partial charge in [0.25, 0.3) is 0 Å². The second-order valence-corrected chi connectivity index (χ2v) is 6.36. The van der Waals surface area contributed by atoms with E-state index in [0.29, 0.717) is 6.54 Å². The number of aryl methyl sites for hydroxylation is 1. The van der Waals surface area contributed by atoms with Crippen LogP contribution in [0, 0.1) is 0 Å². The van der Waals surface area contributed by atoms with Crippen LogP contribution in [0.25, 0.3) is 0 Å². The number of rotatable bonds is 3. The summed E-state index contributed by atoms with van der Waals surface area (Å²) in [7, 11) is 1.86. The molecule has 2 N–H and O–H groups in total. The summed E-state index contributed by atoms with van der Waals surface area (Å²) < 4.78 is 1.73. The van der Waals surface area contributed by atoms with Gasteiger partial charge < -0.3 is 10.6 Å². The normalized spacial score (nSPS) is 15.0. The molecule has 0 aliphatic carbocycles. The van der Waals surface area contributed by atoms with E-state index in [9.17, 15) is 4.79 Å². The summed E-state index contributed by atoms with van der Waals surface area (Å²) in [5, 5.41) is 10.7. The molecule has 0 saturated carbocycles. The molecule has 6 nitrogen and oxygen atoms in total. The third-order valence-electron chi connectivity index (χ3n) is 3.49. The van der Waals surface area contributed by atoms with Crippen molar-refractivity contribution < 1.29 is 4.79 Å². The number of carbonyl (C=O) groups is 1. The summed E-state index contributed by atoms with van der Waals surface area (Å²) in [5.41, 5.74) is 0.969. The quantitative estimate of drug-likeness (QED) is 0.829. The van der Waals surface area contributed by atoms with E-state index in [2.05, 4.69) is 41.4 Å². The highest BCUT2D eigenvalue weighted by Gasteiger charge is 2.20. The monoisotopic (exact) mass is 387 g/mol.